The van der Waals surface area contributed by atoms with Gasteiger partial charge in [0.25, 0.3) is 0 Å². The molecule has 2 heterocycles. The van der Waals surface area contributed by atoms with Crippen molar-refractivity contribution in [1.29, 1.82) is 0 Å². The molecule has 0 aliphatic heterocycles. The quantitative estimate of drug-likeness (QED) is 0.743. The number of benzene rings is 1. The number of phenols is 1. The van der Waals surface area contributed by atoms with Crippen LogP contribution in [0.15, 0.2) is 41.8 Å². The zero-order chi connectivity index (χ0) is 12.5. The van der Waals surface area contributed by atoms with E-state index < -0.39 is 0 Å². The zero-order valence-electron chi connectivity index (χ0n) is 9.75. The van der Waals surface area contributed by atoms with Gasteiger partial charge in [0.05, 0.1) is 10.6 Å². The molecule has 0 atom stereocenters. The Balaban J connectivity index is 2.05. The Labute approximate surface area is 113 Å². The third-order valence-electron chi connectivity index (χ3n) is 2.67. The van der Waals surface area contributed by atoms with Crippen LogP contribution in [-0.4, -0.2) is 10.1 Å². The molecule has 90 valence electrons. The van der Waals surface area contributed by atoms with E-state index >= 15 is 0 Å². The second kappa shape index (κ2) is 4.55. The predicted molar refractivity (Wildman–Crippen MR) is 77.3 cm³/mol. The molecule has 0 saturated heterocycles. The van der Waals surface area contributed by atoms with Crippen LogP contribution in [0.1, 0.15) is 4.88 Å². The Bertz CT molecular complexity index is 654. The van der Waals surface area contributed by atoms with Crippen LogP contribution in [0, 0.1) is 6.92 Å². The number of hydrogen-bond donors (Lipinski definition) is 1. The highest BCUT2D eigenvalue weighted by Gasteiger charge is 2.11. The molecule has 0 aliphatic carbocycles. The molecule has 0 radical (unpaired) electrons. The van der Waals surface area contributed by atoms with E-state index in [-0.39, 0.29) is 5.75 Å². The van der Waals surface area contributed by atoms with Crippen molar-refractivity contribution in [2.75, 3.05) is 0 Å². The minimum absolute atomic E-state index is 0.283. The molecule has 1 N–H and O–H groups in total. The van der Waals surface area contributed by atoms with Gasteiger partial charge in [0.1, 0.15) is 10.8 Å². The molecular weight excluding hydrogens is 262 g/mol. The monoisotopic (exact) mass is 273 g/mol. The van der Waals surface area contributed by atoms with Crippen molar-refractivity contribution in [3.63, 3.8) is 0 Å². The highest BCUT2D eigenvalue weighted by Crippen LogP contribution is 2.35. The molecule has 0 spiro atoms. The molecule has 0 fully saturated rings. The maximum absolute atomic E-state index is 9.30. The number of thiazole rings is 1. The molecule has 0 unspecified atom stereocenters. The van der Waals surface area contributed by atoms with Crippen LogP contribution in [0.3, 0.4) is 0 Å². The third-order valence-corrected chi connectivity index (χ3v) is 4.56. The molecule has 2 aromatic heterocycles. The smallest absolute Gasteiger partial charge is 0.124 e. The summed E-state index contributed by atoms with van der Waals surface area (Å²) in [5.74, 6) is 0.283. The lowest BCUT2D eigenvalue weighted by Gasteiger charge is -1.95. The van der Waals surface area contributed by atoms with Crippen LogP contribution in [0.25, 0.3) is 21.1 Å². The summed E-state index contributed by atoms with van der Waals surface area (Å²) in [6, 6.07) is 11.3. The van der Waals surface area contributed by atoms with Gasteiger partial charge in [0, 0.05) is 10.4 Å². The average Bonchev–Trinajstić information content (AvgIpc) is 2.99. The Kier molecular flexibility index (Phi) is 2.89. The fourth-order valence-corrected chi connectivity index (χ4v) is 3.53. The maximum Gasteiger partial charge on any atom is 0.124 e. The highest BCUT2D eigenvalue weighted by atomic mass is 32.1. The maximum atomic E-state index is 9.30. The topological polar surface area (TPSA) is 33.1 Å². The Hall–Kier alpha value is -1.65. The summed E-state index contributed by atoms with van der Waals surface area (Å²) >= 11 is 3.39. The summed E-state index contributed by atoms with van der Waals surface area (Å²) in [5, 5.41) is 12.4. The standard InChI is InChI=1S/C14H11NOS2/c1-9-13(12-3-2-8-17-12)15-14(18-9)10-4-6-11(16)7-5-10/h2-8,16H,1H3. The Morgan fingerprint density at radius 3 is 2.56 bits per heavy atom. The molecule has 1 aromatic carbocycles. The normalized spacial score (nSPS) is 10.7. The van der Waals surface area contributed by atoms with Gasteiger partial charge in [-0.25, -0.2) is 4.98 Å². The lowest BCUT2D eigenvalue weighted by molar-refractivity contribution is 0.475. The predicted octanol–water partition coefficient (Wildman–Crippen LogP) is 4.55. The first kappa shape index (κ1) is 11.4. The molecule has 0 bridgehead atoms. The zero-order valence-corrected chi connectivity index (χ0v) is 11.4. The molecule has 3 aromatic rings. The summed E-state index contributed by atoms with van der Waals surface area (Å²) < 4.78 is 0. The van der Waals surface area contributed by atoms with Gasteiger partial charge in [0.2, 0.25) is 0 Å². The number of aromatic nitrogens is 1. The van der Waals surface area contributed by atoms with Gasteiger partial charge in [0.15, 0.2) is 0 Å². The van der Waals surface area contributed by atoms with Gasteiger partial charge in [-0.2, -0.15) is 0 Å². The van der Waals surface area contributed by atoms with Gasteiger partial charge in [-0.05, 0) is 42.6 Å². The number of phenolic OH excluding ortho intramolecular Hbond substituents is 1. The minimum Gasteiger partial charge on any atom is -0.508 e. The van der Waals surface area contributed by atoms with Gasteiger partial charge in [-0.1, -0.05) is 6.07 Å². The summed E-state index contributed by atoms with van der Waals surface area (Å²) in [6.45, 7) is 2.09. The van der Waals surface area contributed by atoms with Crippen LogP contribution in [0.5, 0.6) is 5.75 Å². The van der Waals surface area contributed by atoms with Crippen molar-refractivity contribution >= 4 is 22.7 Å². The Morgan fingerprint density at radius 1 is 1.11 bits per heavy atom. The van der Waals surface area contributed by atoms with E-state index in [0.717, 1.165) is 16.3 Å². The van der Waals surface area contributed by atoms with Gasteiger partial charge in [-0.15, -0.1) is 22.7 Å². The summed E-state index contributed by atoms with van der Waals surface area (Å²) in [4.78, 5) is 7.12. The fraction of sp³-hybridized carbons (Fsp3) is 0.0714. The van der Waals surface area contributed by atoms with Crippen molar-refractivity contribution < 1.29 is 5.11 Å². The van der Waals surface area contributed by atoms with E-state index in [0.29, 0.717) is 0 Å². The first-order valence-corrected chi connectivity index (χ1v) is 7.24. The third kappa shape index (κ3) is 2.05. The largest absolute Gasteiger partial charge is 0.508 e. The Morgan fingerprint density at radius 2 is 1.89 bits per heavy atom. The molecule has 18 heavy (non-hydrogen) atoms. The van der Waals surface area contributed by atoms with Crippen LogP contribution in [-0.2, 0) is 0 Å². The molecule has 2 nitrogen and oxygen atoms in total. The number of aromatic hydroxyl groups is 1. The van der Waals surface area contributed by atoms with Gasteiger partial charge < -0.3 is 5.11 Å². The molecule has 4 heteroatoms. The van der Waals surface area contributed by atoms with Gasteiger partial charge in [-0.3, -0.25) is 0 Å². The minimum atomic E-state index is 0.283. The average molecular weight is 273 g/mol. The van der Waals surface area contributed by atoms with Crippen molar-refractivity contribution in [2.45, 2.75) is 6.92 Å². The molecule has 3 rings (SSSR count). The van der Waals surface area contributed by atoms with Crippen molar-refractivity contribution in [3.8, 4) is 26.9 Å². The number of aryl methyl sites for hydroxylation is 1. The summed E-state index contributed by atoms with van der Waals surface area (Å²) in [5.41, 5.74) is 2.11. The lowest BCUT2D eigenvalue weighted by Crippen LogP contribution is -1.77. The number of rotatable bonds is 2. The van der Waals surface area contributed by atoms with E-state index in [2.05, 4.69) is 18.4 Å². The van der Waals surface area contributed by atoms with Gasteiger partial charge >= 0.3 is 0 Å². The first-order chi connectivity index (χ1) is 8.74. The van der Waals surface area contributed by atoms with Crippen molar-refractivity contribution in [3.05, 3.63) is 46.7 Å². The van der Waals surface area contributed by atoms with E-state index in [9.17, 15) is 5.11 Å². The fourth-order valence-electron chi connectivity index (χ4n) is 1.77. The van der Waals surface area contributed by atoms with Crippen molar-refractivity contribution in [2.24, 2.45) is 0 Å². The molecule has 0 saturated carbocycles. The number of thiophene rings is 1. The van der Waals surface area contributed by atoms with Crippen molar-refractivity contribution in [1.82, 2.24) is 4.98 Å². The summed E-state index contributed by atoms with van der Waals surface area (Å²) in [6.07, 6.45) is 0. The first-order valence-electron chi connectivity index (χ1n) is 5.55. The van der Waals surface area contributed by atoms with Crippen LogP contribution in [0.4, 0.5) is 0 Å². The lowest BCUT2D eigenvalue weighted by atomic mass is 10.2. The molecular formula is C14H11NOS2. The number of nitrogens with zero attached hydrogens (tertiary/aromatic N) is 1. The van der Waals surface area contributed by atoms with Crippen LogP contribution >= 0.6 is 22.7 Å². The molecule has 0 aliphatic rings. The van der Waals surface area contributed by atoms with Crippen LogP contribution < -0.4 is 0 Å². The number of hydrogen-bond acceptors (Lipinski definition) is 4. The van der Waals surface area contributed by atoms with E-state index in [1.807, 2.05) is 18.2 Å². The second-order valence-electron chi connectivity index (χ2n) is 3.95. The molecule has 0 amide bonds. The SMILES string of the molecule is Cc1sc(-c2ccc(O)cc2)nc1-c1cccs1. The summed E-state index contributed by atoms with van der Waals surface area (Å²) in [7, 11) is 0. The van der Waals surface area contributed by atoms with E-state index in [4.69, 9.17) is 4.98 Å². The van der Waals surface area contributed by atoms with E-state index in [1.54, 1.807) is 34.8 Å². The second-order valence-corrected chi connectivity index (χ2v) is 6.10. The highest BCUT2D eigenvalue weighted by molar-refractivity contribution is 7.17. The van der Waals surface area contributed by atoms with Crippen LogP contribution in [0.2, 0.25) is 0 Å². The van der Waals surface area contributed by atoms with E-state index in [1.165, 1.54) is 9.75 Å².